The van der Waals surface area contributed by atoms with Gasteiger partial charge in [0.15, 0.2) is 0 Å². The molecule has 20 heavy (non-hydrogen) atoms. The molecular weight excluding hydrogens is 300 g/mol. The first-order valence-electron chi connectivity index (χ1n) is 5.96. The van der Waals surface area contributed by atoms with Crippen molar-refractivity contribution in [1.29, 1.82) is 0 Å². The van der Waals surface area contributed by atoms with Crippen LogP contribution in [0.1, 0.15) is 6.42 Å². The lowest BCUT2D eigenvalue weighted by atomic mass is 10.3. The van der Waals surface area contributed by atoms with Crippen LogP contribution in [0, 0.1) is 0 Å². The molecule has 1 rings (SSSR count). The Labute approximate surface area is 124 Å². The van der Waals surface area contributed by atoms with E-state index in [1.54, 1.807) is 11.8 Å². The van der Waals surface area contributed by atoms with E-state index < -0.39 is 10.0 Å². The van der Waals surface area contributed by atoms with Gasteiger partial charge in [-0.2, -0.15) is 11.8 Å². The average molecular weight is 320 g/mol. The highest BCUT2D eigenvalue weighted by molar-refractivity contribution is 7.98. The molecule has 6 nitrogen and oxygen atoms in total. The first kappa shape index (κ1) is 16.9. The Morgan fingerprint density at radius 2 is 1.90 bits per heavy atom. The van der Waals surface area contributed by atoms with E-state index in [0.717, 1.165) is 12.2 Å². The molecule has 0 unspecified atom stereocenters. The quantitative estimate of drug-likeness (QED) is 0.554. The van der Waals surface area contributed by atoms with E-state index in [1.807, 2.05) is 6.26 Å². The number of nitrogen functional groups attached to an aromatic ring is 1. The van der Waals surface area contributed by atoms with Gasteiger partial charge >= 0.3 is 0 Å². The molecule has 0 spiro atoms. The second-order valence-corrected chi connectivity index (χ2v) is 6.71. The largest absolute Gasteiger partial charge is 0.495 e. The van der Waals surface area contributed by atoms with Gasteiger partial charge in [-0.1, -0.05) is 0 Å². The van der Waals surface area contributed by atoms with Gasteiger partial charge in [-0.15, -0.1) is 0 Å². The molecule has 1 aromatic rings. The Morgan fingerprint density at radius 3 is 2.45 bits per heavy atom. The predicted molar refractivity (Wildman–Crippen MR) is 82.1 cm³/mol. The smallest absolute Gasteiger partial charge is 0.244 e. The second kappa shape index (κ2) is 7.61. The molecular formula is C12H20N2O4S2. The van der Waals surface area contributed by atoms with Crippen LogP contribution in [0.3, 0.4) is 0 Å². The fourth-order valence-electron chi connectivity index (χ4n) is 1.60. The summed E-state index contributed by atoms with van der Waals surface area (Å²) in [7, 11) is -0.792. The van der Waals surface area contributed by atoms with Crippen molar-refractivity contribution >= 4 is 27.5 Å². The van der Waals surface area contributed by atoms with Crippen LogP contribution in [0.5, 0.6) is 11.5 Å². The van der Waals surface area contributed by atoms with Crippen LogP contribution < -0.4 is 19.9 Å². The molecule has 0 saturated heterocycles. The molecule has 0 atom stereocenters. The summed E-state index contributed by atoms with van der Waals surface area (Å²) in [5.41, 5.74) is 6.00. The number of hydrogen-bond donors (Lipinski definition) is 2. The van der Waals surface area contributed by atoms with Crippen molar-refractivity contribution in [2.24, 2.45) is 0 Å². The fraction of sp³-hybridized carbons (Fsp3) is 0.500. The van der Waals surface area contributed by atoms with Crippen LogP contribution in [0.25, 0.3) is 0 Å². The van der Waals surface area contributed by atoms with Crippen LogP contribution in [0.15, 0.2) is 17.0 Å². The molecule has 0 aliphatic rings. The zero-order valence-electron chi connectivity index (χ0n) is 11.8. The highest BCUT2D eigenvalue weighted by Gasteiger charge is 2.21. The maximum absolute atomic E-state index is 12.2. The van der Waals surface area contributed by atoms with Crippen molar-refractivity contribution < 1.29 is 17.9 Å². The van der Waals surface area contributed by atoms with Crippen molar-refractivity contribution in [2.75, 3.05) is 38.5 Å². The third-order valence-electron chi connectivity index (χ3n) is 2.62. The van der Waals surface area contributed by atoms with Crippen molar-refractivity contribution in [3.63, 3.8) is 0 Å². The van der Waals surface area contributed by atoms with Gasteiger partial charge in [0.2, 0.25) is 10.0 Å². The Hall–Kier alpha value is -1.12. The number of anilines is 1. The zero-order valence-corrected chi connectivity index (χ0v) is 13.4. The van der Waals surface area contributed by atoms with Crippen molar-refractivity contribution in [2.45, 2.75) is 11.3 Å². The Bertz CT molecular complexity index is 547. The molecule has 0 aromatic heterocycles. The number of methoxy groups -OCH3 is 2. The number of ether oxygens (including phenoxy) is 2. The Morgan fingerprint density at radius 1 is 1.25 bits per heavy atom. The minimum absolute atomic E-state index is 0.0162. The molecule has 0 bridgehead atoms. The van der Waals surface area contributed by atoms with Gasteiger partial charge in [-0.25, -0.2) is 13.1 Å². The molecule has 1 aromatic carbocycles. The van der Waals surface area contributed by atoms with Gasteiger partial charge < -0.3 is 15.2 Å². The molecule has 0 fully saturated rings. The Balaban J connectivity index is 3.01. The van der Waals surface area contributed by atoms with E-state index in [-0.39, 0.29) is 16.3 Å². The summed E-state index contributed by atoms with van der Waals surface area (Å²) in [5.74, 6) is 1.47. The number of sulfonamides is 1. The summed E-state index contributed by atoms with van der Waals surface area (Å²) in [4.78, 5) is 0.0162. The summed E-state index contributed by atoms with van der Waals surface area (Å²) >= 11 is 1.67. The number of hydrogen-bond acceptors (Lipinski definition) is 6. The van der Waals surface area contributed by atoms with E-state index in [0.29, 0.717) is 12.3 Å². The first-order valence-corrected chi connectivity index (χ1v) is 8.84. The monoisotopic (exact) mass is 320 g/mol. The molecule has 0 saturated carbocycles. The van der Waals surface area contributed by atoms with Gasteiger partial charge in [0.1, 0.15) is 16.4 Å². The highest BCUT2D eigenvalue weighted by atomic mass is 32.2. The van der Waals surface area contributed by atoms with Crippen LogP contribution in [0.2, 0.25) is 0 Å². The summed E-state index contributed by atoms with van der Waals surface area (Å²) in [6.45, 7) is 0.373. The minimum atomic E-state index is -3.65. The fourth-order valence-corrected chi connectivity index (χ4v) is 3.29. The predicted octanol–water partition coefficient (Wildman–Crippen LogP) is 1.32. The highest BCUT2D eigenvalue weighted by Crippen LogP contribution is 2.33. The molecule has 0 amide bonds. The lowest BCUT2D eigenvalue weighted by Crippen LogP contribution is -2.25. The van der Waals surface area contributed by atoms with Gasteiger partial charge in [0.05, 0.1) is 19.9 Å². The van der Waals surface area contributed by atoms with Crippen LogP contribution in [0.4, 0.5) is 5.69 Å². The third kappa shape index (κ3) is 4.19. The van der Waals surface area contributed by atoms with Gasteiger partial charge in [0, 0.05) is 12.6 Å². The van der Waals surface area contributed by atoms with Crippen molar-refractivity contribution in [3.8, 4) is 11.5 Å². The molecule has 114 valence electrons. The zero-order chi connectivity index (χ0) is 15.2. The van der Waals surface area contributed by atoms with E-state index >= 15 is 0 Å². The SMILES string of the molecule is COc1cc(OC)c(S(=O)(=O)NCCCSC)cc1N. The van der Waals surface area contributed by atoms with E-state index in [4.69, 9.17) is 15.2 Å². The average Bonchev–Trinajstić information content (AvgIpc) is 2.43. The third-order valence-corrected chi connectivity index (χ3v) is 4.80. The maximum atomic E-state index is 12.2. The molecule has 0 radical (unpaired) electrons. The number of rotatable bonds is 8. The van der Waals surface area contributed by atoms with E-state index in [2.05, 4.69) is 4.72 Å². The number of benzene rings is 1. The van der Waals surface area contributed by atoms with Crippen LogP contribution in [-0.2, 0) is 10.0 Å². The normalized spacial score (nSPS) is 11.3. The first-order chi connectivity index (χ1) is 9.46. The molecule has 8 heteroatoms. The van der Waals surface area contributed by atoms with Crippen LogP contribution >= 0.6 is 11.8 Å². The van der Waals surface area contributed by atoms with Gasteiger partial charge in [-0.3, -0.25) is 0 Å². The summed E-state index contributed by atoms with van der Waals surface area (Å²) in [6.07, 6.45) is 2.73. The summed E-state index contributed by atoms with van der Waals surface area (Å²) in [5, 5.41) is 0. The molecule has 0 aliphatic heterocycles. The molecule has 0 aliphatic carbocycles. The van der Waals surface area contributed by atoms with Crippen molar-refractivity contribution in [3.05, 3.63) is 12.1 Å². The Kier molecular flexibility index (Phi) is 6.44. The lowest BCUT2D eigenvalue weighted by Gasteiger charge is -2.13. The molecule has 3 N–H and O–H groups in total. The number of nitrogens with one attached hydrogen (secondary N) is 1. The van der Waals surface area contributed by atoms with Crippen LogP contribution in [-0.4, -0.2) is 41.2 Å². The maximum Gasteiger partial charge on any atom is 0.244 e. The standard InChI is InChI=1S/C12H20N2O4S2/c1-17-10-8-11(18-2)12(7-9(10)13)20(15,16)14-5-4-6-19-3/h7-8,14H,4-6,13H2,1-3H3. The summed E-state index contributed by atoms with van der Waals surface area (Å²) < 4.78 is 37.1. The minimum Gasteiger partial charge on any atom is -0.495 e. The lowest BCUT2D eigenvalue weighted by molar-refractivity contribution is 0.387. The number of nitrogens with two attached hydrogens (primary N) is 1. The van der Waals surface area contributed by atoms with E-state index in [1.165, 1.54) is 26.4 Å². The summed E-state index contributed by atoms with van der Waals surface area (Å²) in [6, 6.07) is 2.81. The topological polar surface area (TPSA) is 90.6 Å². The van der Waals surface area contributed by atoms with E-state index in [9.17, 15) is 8.42 Å². The van der Waals surface area contributed by atoms with Gasteiger partial charge in [-0.05, 0) is 24.5 Å². The number of thioether (sulfide) groups is 1. The van der Waals surface area contributed by atoms with Crippen molar-refractivity contribution in [1.82, 2.24) is 4.72 Å². The second-order valence-electron chi connectivity index (χ2n) is 3.99. The van der Waals surface area contributed by atoms with Gasteiger partial charge in [0.25, 0.3) is 0 Å². The molecule has 0 heterocycles.